The van der Waals surface area contributed by atoms with Gasteiger partial charge in [-0.3, -0.25) is 9.59 Å². The van der Waals surface area contributed by atoms with Gasteiger partial charge in [-0.2, -0.15) is 5.26 Å². The highest BCUT2D eigenvalue weighted by molar-refractivity contribution is 6.04. The fourth-order valence-electron chi connectivity index (χ4n) is 2.50. The smallest absolute Gasteiger partial charge is 0.259 e. The summed E-state index contributed by atoms with van der Waals surface area (Å²) in [5, 5.41) is 11.6. The van der Waals surface area contributed by atoms with Crippen molar-refractivity contribution in [2.24, 2.45) is 5.73 Å². The van der Waals surface area contributed by atoms with E-state index in [-0.39, 0.29) is 11.5 Å². The van der Waals surface area contributed by atoms with E-state index >= 15 is 0 Å². The molecule has 3 rings (SSSR count). The lowest BCUT2D eigenvalue weighted by Gasteiger charge is -2.07. The van der Waals surface area contributed by atoms with Gasteiger partial charge in [-0.1, -0.05) is 18.2 Å². The van der Waals surface area contributed by atoms with Crippen molar-refractivity contribution < 1.29 is 14.3 Å². The van der Waals surface area contributed by atoms with Crippen LogP contribution in [0.25, 0.3) is 6.08 Å². The van der Waals surface area contributed by atoms with Crippen LogP contribution < -0.4 is 11.1 Å². The van der Waals surface area contributed by atoms with E-state index in [1.165, 1.54) is 6.08 Å². The number of ether oxygens (including phenoxy) is 1. The lowest BCUT2D eigenvalue weighted by Crippen LogP contribution is -2.12. The number of fused-ring (bicyclic) bond motifs is 1. The number of rotatable bonds is 4. The first kappa shape index (κ1) is 16.4. The summed E-state index contributed by atoms with van der Waals surface area (Å²) in [6.07, 6.45) is 1.40. The fourth-order valence-corrected chi connectivity index (χ4v) is 2.50. The molecule has 6 nitrogen and oxygen atoms in total. The largest absolute Gasteiger partial charge is 0.372 e. The lowest BCUT2D eigenvalue weighted by atomic mass is 10.1. The highest BCUT2D eigenvalue weighted by Gasteiger charge is 2.14. The molecule has 1 aliphatic heterocycles. The number of carbonyl (C=O) groups is 2. The second kappa shape index (κ2) is 6.99. The molecular formula is C19H15N3O3. The van der Waals surface area contributed by atoms with E-state index in [0.717, 1.165) is 11.1 Å². The van der Waals surface area contributed by atoms with Crippen LogP contribution in [0.3, 0.4) is 0 Å². The van der Waals surface area contributed by atoms with Crippen molar-refractivity contribution in [3.63, 3.8) is 0 Å². The van der Waals surface area contributed by atoms with Gasteiger partial charge in [-0.25, -0.2) is 0 Å². The van der Waals surface area contributed by atoms with E-state index in [0.29, 0.717) is 30.0 Å². The predicted octanol–water partition coefficient (Wildman–Crippen LogP) is 2.36. The predicted molar refractivity (Wildman–Crippen MR) is 92.1 cm³/mol. The van der Waals surface area contributed by atoms with E-state index in [2.05, 4.69) is 5.32 Å². The average Bonchev–Trinajstić information content (AvgIpc) is 3.08. The molecular weight excluding hydrogens is 318 g/mol. The zero-order valence-electron chi connectivity index (χ0n) is 13.3. The van der Waals surface area contributed by atoms with Gasteiger partial charge < -0.3 is 15.8 Å². The van der Waals surface area contributed by atoms with E-state index < -0.39 is 5.91 Å². The maximum atomic E-state index is 12.3. The molecule has 0 spiro atoms. The summed E-state index contributed by atoms with van der Waals surface area (Å²) in [5.74, 6) is -0.992. The number of nitrogens with one attached hydrogen (secondary N) is 1. The summed E-state index contributed by atoms with van der Waals surface area (Å²) in [6, 6.07) is 14.0. The van der Waals surface area contributed by atoms with Crippen LogP contribution in [0.2, 0.25) is 0 Å². The highest BCUT2D eigenvalue weighted by atomic mass is 16.5. The molecule has 0 aromatic heterocycles. The van der Waals surface area contributed by atoms with Crippen LogP contribution in [0.4, 0.5) is 5.69 Å². The molecule has 2 amide bonds. The Balaban J connectivity index is 1.72. The zero-order valence-corrected chi connectivity index (χ0v) is 13.3. The maximum Gasteiger partial charge on any atom is 0.259 e. The number of amides is 2. The van der Waals surface area contributed by atoms with Gasteiger partial charge in [-0.05, 0) is 47.0 Å². The number of nitrogens with zero attached hydrogens (tertiary/aromatic N) is 1. The Labute approximate surface area is 144 Å². The third-order valence-corrected chi connectivity index (χ3v) is 3.85. The topological polar surface area (TPSA) is 105 Å². The van der Waals surface area contributed by atoms with Crippen LogP contribution in [0.5, 0.6) is 0 Å². The monoisotopic (exact) mass is 333 g/mol. The molecule has 25 heavy (non-hydrogen) atoms. The number of hydrogen-bond donors (Lipinski definition) is 2. The summed E-state index contributed by atoms with van der Waals surface area (Å²) < 4.78 is 5.35. The molecule has 124 valence electrons. The third-order valence-electron chi connectivity index (χ3n) is 3.85. The number of carbonyl (C=O) groups excluding carboxylic acids is 2. The van der Waals surface area contributed by atoms with Gasteiger partial charge in [0.15, 0.2) is 0 Å². The van der Waals surface area contributed by atoms with Crippen molar-refractivity contribution in [2.75, 3.05) is 5.32 Å². The Hall–Kier alpha value is -3.43. The first-order chi connectivity index (χ1) is 12.1. The van der Waals surface area contributed by atoms with Crippen LogP contribution in [-0.4, -0.2) is 11.8 Å². The second-order valence-electron chi connectivity index (χ2n) is 5.59. The van der Waals surface area contributed by atoms with Crippen LogP contribution in [0, 0.1) is 11.3 Å². The summed E-state index contributed by atoms with van der Waals surface area (Å²) in [4.78, 5) is 23.4. The minimum Gasteiger partial charge on any atom is -0.372 e. The molecule has 2 aromatic rings. The van der Waals surface area contributed by atoms with Gasteiger partial charge in [0.05, 0.1) is 13.2 Å². The Morgan fingerprint density at radius 2 is 1.84 bits per heavy atom. The molecule has 0 bridgehead atoms. The Morgan fingerprint density at radius 3 is 2.52 bits per heavy atom. The number of nitrogens with two attached hydrogens (primary N) is 1. The number of nitriles is 1. The van der Waals surface area contributed by atoms with Crippen LogP contribution >= 0.6 is 0 Å². The molecule has 0 fully saturated rings. The van der Waals surface area contributed by atoms with E-state index in [1.54, 1.807) is 36.4 Å². The van der Waals surface area contributed by atoms with Gasteiger partial charge in [0.2, 0.25) is 0 Å². The van der Waals surface area contributed by atoms with Gasteiger partial charge >= 0.3 is 0 Å². The minimum atomic E-state index is -0.777. The Kier molecular flexibility index (Phi) is 4.59. The van der Waals surface area contributed by atoms with Gasteiger partial charge in [0.1, 0.15) is 11.6 Å². The molecule has 6 heteroatoms. The molecule has 0 radical (unpaired) electrons. The number of benzene rings is 2. The molecule has 0 aliphatic carbocycles. The van der Waals surface area contributed by atoms with Crippen LogP contribution in [-0.2, 0) is 22.7 Å². The van der Waals surface area contributed by atoms with Gasteiger partial charge in [0.25, 0.3) is 11.8 Å². The molecule has 1 aliphatic rings. The van der Waals surface area contributed by atoms with Crippen LogP contribution in [0.1, 0.15) is 27.0 Å². The lowest BCUT2D eigenvalue weighted by molar-refractivity contribution is -0.114. The molecule has 0 saturated carbocycles. The van der Waals surface area contributed by atoms with E-state index in [9.17, 15) is 9.59 Å². The summed E-state index contributed by atoms with van der Waals surface area (Å²) in [6.45, 7) is 1.11. The van der Waals surface area contributed by atoms with Crippen molar-refractivity contribution in [3.05, 3.63) is 70.3 Å². The Bertz CT molecular complexity index is 909. The molecule has 2 aromatic carbocycles. The van der Waals surface area contributed by atoms with Crippen LogP contribution in [0.15, 0.2) is 48.0 Å². The average molecular weight is 333 g/mol. The van der Waals surface area contributed by atoms with Crippen molar-refractivity contribution in [2.45, 2.75) is 13.2 Å². The highest BCUT2D eigenvalue weighted by Crippen LogP contribution is 2.21. The zero-order chi connectivity index (χ0) is 17.8. The molecule has 3 N–H and O–H groups in total. The van der Waals surface area contributed by atoms with Gasteiger partial charge in [0, 0.05) is 11.3 Å². The molecule has 1 heterocycles. The fraction of sp³-hybridized carbons (Fsp3) is 0.105. The minimum absolute atomic E-state index is 0.128. The van der Waals surface area contributed by atoms with Gasteiger partial charge in [-0.15, -0.1) is 0 Å². The van der Waals surface area contributed by atoms with E-state index in [1.807, 2.05) is 12.1 Å². The first-order valence-corrected chi connectivity index (χ1v) is 7.59. The molecule has 0 atom stereocenters. The normalized spacial score (nSPS) is 13.0. The summed E-state index contributed by atoms with van der Waals surface area (Å²) >= 11 is 0. The maximum absolute atomic E-state index is 12.3. The summed E-state index contributed by atoms with van der Waals surface area (Å²) in [7, 11) is 0. The van der Waals surface area contributed by atoms with Crippen molar-refractivity contribution >= 4 is 23.6 Å². The quantitative estimate of drug-likeness (QED) is 0.662. The van der Waals surface area contributed by atoms with E-state index in [4.69, 9.17) is 15.7 Å². The second-order valence-corrected chi connectivity index (χ2v) is 5.59. The molecule has 0 unspecified atom stereocenters. The number of anilines is 1. The third kappa shape index (κ3) is 3.74. The molecule has 0 saturated heterocycles. The SMILES string of the molecule is N#CC(=Cc1ccc(NC(=O)c2ccc3c(c2)COC3)cc1)C(N)=O. The standard InChI is InChI=1S/C19H15N3O3/c20-9-15(18(21)23)7-12-1-5-17(6-2-12)22-19(24)13-3-4-14-10-25-11-16(14)8-13/h1-8H,10-11H2,(H2,21,23)(H,22,24). The first-order valence-electron chi connectivity index (χ1n) is 7.59. The van der Waals surface area contributed by atoms with Crippen molar-refractivity contribution in [1.29, 1.82) is 5.26 Å². The Morgan fingerprint density at radius 1 is 1.12 bits per heavy atom. The summed E-state index contributed by atoms with van der Waals surface area (Å²) in [5.41, 5.74) is 8.92. The van der Waals surface area contributed by atoms with Crippen molar-refractivity contribution in [1.82, 2.24) is 0 Å². The number of hydrogen-bond acceptors (Lipinski definition) is 4. The number of primary amides is 1. The van der Waals surface area contributed by atoms with Crippen molar-refractivity contribution in [3.8, 4) is 6.07 Å².